The zero-order valence-corrected chi connectivity index (χ0v) is 15.7. The zero-order valence-electron chi connectivity index (χ0n) is 14.9. The van der Waals surface area contributed by atoms with Gasteiger partial charge in [0.25, 0.3) is 0 Å². The van der Waals surface area contributed by atoms with Crippen LogP contribution in [-0.2, 0) is 6.42 Å². The summed E-state index contributed by atoms with van der Waals surface area (Å²) in [5.41, 5.74) is 3.75. The maximum atomic E-state index is 8.89. The van der Waals surface area contributed by atoms with E-state index < -0.39 is 0 Å². The Labute approximate surface area is 153 Å². The first-order chi connectivity index (χ1) is 12.2. The van der Waals surface area contributed by atoms with Gasteiger partial charge in [-0.2, -0.15) is 0 Å². The second-order valence-electron chi connectivity index (χ2n) is 6.21. The van der Waals surface area contributed by atoms with Crippen molar-refractivity contribution in [2.24, 2.45) is 0 Å². The lowest BCUT2D eigenvalue weighted by Gasteiger charge is -2.10. The number of thiophene rings is 1. The quantitative estimate of drug-likeness (QED) is 0.570. The van der Waals surface area contributed by atoms with E-state index in [0.717, 1.165) is 54.1 Å². The number of rotatable bonds is 8. The predicted octanol–water partition coefficient (Wildman–Crippen LogP) is 4.80. The van der Waals surface area contributed by atoms with Crippen LogP contribution in [0.2, 0.25) is 0 Å². The second-order valence-corrected chi connectivity index (χ2v) is 7.07. The number of aliphatic hydroxyl groups is 1. The number of nitrogens with zero attached hydrogens (tertiary/aromatic N) is 2. The van der Waals surface area contributed by atoms with Crippen molar-refractivity contribution < 1.29 is 5.11 Å². The van der Waals surface area contributed by atoms with Gasteiger partial charge in [-0.3, -0.25) is 0 Å². The average Bonchev–Trinajstić information content (AvgIpc) is 3.05. The maximum Gasteiger partial charge on any atom is 0.139 e. The molecule has 25 heavy (non-hydrogen) atoms. The molecule has 0 atom stereocenters. The Balaban J connectivity index is 1.91. The van der Waals surface area contributed by atoms with E-state index >= 15 is 0 Å². The van der Waals surface area contributed by atoms with Crippen LogP contribution in [0.5, 0.6) is 0 Å². The summed E-state index contributed by atoms with van der Waals surface area (Å²) in [6, 6.07) is 8.75. The van der Waals surface area contributed by atoms with E-state index in [9.17, 15) is 0 Å². The molecule has 3 aromatic rings. The SMILES string of the molecule is CCc1ccc(-c2csc3nc(C)nc(NCCCCCO)c23)cc1. The molecular weight excluding hydrogens is 330 g/mol. The molecule has 0 amide bonds. The minimum Gasteiger partial charge on any atom is -0.396 e. The summed E-state index contributed by atoms with van der Waals surface area (Å²) in [6.07, 6.45) is 3.95. The summed E-state index contributed by atoms with van der Waals surface area (Å²) in [5, 5.41) is 15.7. The largest absolute Gasteiger partial charge is 0.396 e. The van der Waals surface area contributed by atoms with E-state index in [2.05, 4.69) is 51.9 Å². The molecule has 1 aromatic carbocycles. The third-order valence-electron chi connectivity index (χ3n) is 4.35. The molecule has 4 nitrogen and oxygen atoms in total. The summed E-state index contributed by atoms with van der Waals surface area (Å²) in [4.78, 5) is 10.3. The summed E-state index contributed by atoms with van der Waals surface area (Å²) in [5.74, 6) is 1.71. The molecule has 0 radical (unpaired) electrons. The van der Waals surface area contributed by atoms with Crippen LogP contribution >= 0.6 is 11.3 Å². The van der Waals surface area contributed by atoms with E-state index in [-0.39, 0.29) is 6.61 Å². The Kier molecular flexibility index (Phi) is 6.00. The average molecular weight is 356 g/mol. The van der Waals surface area contributed by atoms with Gasteiger partial charge in [0.15, 0.2) is 0 Å². The van der Waals surface area contributed by atoms with Crippen molar-refractivity contribution in [2.45, 2.75) is 39.5 Å². The van der Waals surface area contributed by atoms with Gasteiger partial charge < -0.3 is 10.4 Å². The minimum atomic E-state index is 0.263. The third kappa shape index (κ3) is 4.17. The van der Waals surface area contributed by atoms with Gasteiger partial charge in [0.1, 0.15) is 16.5 Å². The number of benzene rings is 1. The van der Waals surface area contributed by atoms with Crippen molar-refractivity contribution in [2.75, 3.05) is 18.5 Å². The lowest BCUT2D eigenvalue weighted by Crippen LogP contribution is -2.05. The van der Waals surface area contributed by atoms with Crippen molar-refractivity contribution in [1.29, 1.82) is 0 Å². The molecule has 0 aliphatic carbocycles. The normalized spacial score (nSPS) is 11.2. The van der Waals surface area contributed by atoms with Crippen molar-refractivity contribution in [3.05, 3.63) is 41.0 Å². The Morgan fingerprint density at radius 3 is 2.60 bits per heavy atom. The highest BCUT2D eigenvalue weighted by atomic mass is 32.1. The molecule has 2 heterocycles. The van der Waals surface area contributed by atoms with Gasteiger partial charge in [-0.25, -0.2) is 9.97 Å². The van der Waals surface area contributed by atoms with Crippen LogP contribution < -0.4 is 5.32 Å². The first kappa shape index (κ1) is 17.8. The molecule has 132 valence electrons. The zero-order chi connectivity index (χ0) is 17.6. The Hall–Kier alpha value is -1.98. The van der Waals surface area contributed by atoms with Crippen LogP contribution in [0.1, 0.15) is 37.6 Å². The van der Waals surface area contributed by atoms with Crippen molar-refractivity contribution >= 4 is 27.4 Å². The molecule has 0 saturated carbocycles. The predicted molar refractivity (Wildman–Crippen MR) is 106 cm³/mol. The number of hydrogen-bond acceptors (Lipinski definition) is 5. The van der Waals surface area contributed by atoms with E-state index in [1.807, 2.05) is 6.92 Å². The van der Waals surface area contributed by atoms with Crippen molar-refractivity contribution in [1.82, 2.24) is 9.97 Å². The third-order valence-corrected chi connectivity index (χ3v) is 5.22. The Morgan fingerprint density at radius 2 is 1.88 bits per heavy atom. The molecule has 0 bridgehead atoms. The monoisotopic (exact) mass is 355 g/mol. The first-order valence-electron chi connectivity index (χ1n) is 8.92. The van der Waals surface area contributed by atoms with Crippen LogP contribution in [0.4, 0.5) is 5.82 Å². The highest BCUT2D eigenvalue weighted by Crippen LogP contribution is 2.37. The summed E-state index contributed by atoms with van der Waals surface area (Å²) < 4.78 is 0. The first-order valence-corrected chi connectivity index (χ1v) is 9.80. The van der Waals surface area contributed by atoms with Gasteiger partial charge in [-0.05, 0) is 43.7 Å². The van der Waals surface area contributed by atoms with Crippen molar-refractivity contribution in [3.63, 3.8) is 0 Å². The molecule has 0 unspecified atom stereocenters. The van der Waals surface area contributed by atoms with Gasteiger partial charge in [-0.15, -0.1) is 11.3 Å². The second kappa shape index (κ2) is 8.41. The molecule has 0 saturated heterocycles. The minimum absolute atomic E-state index is 0.263. The maximum absolute atomic E-state index is 8.89. The van der Waals surface area contributed by atoms with E-state index in [1.54, 1.807) is 11.3 Å². The van der Waals surface area contributed by atoms with Crippen molar-refractivity contribution in [3.8, 4) is 11.1 Å². The number of fused-ring (bicyclic) bond motifs is 1. The molecule has 2 N–H and O–H groups in total. The standard InChI is InChI=1S/C20H25N3OS/c1-3-15-7-9-16(10-8-15)17-13-25-20-18(17)19(22-14(2)23-20)21-11-5-4-6-12-24/h7-10,13,24H,3-6,11-12H2,1-2H3,(H,21,22,23). The van der Waals surface area contributed by atoms with E-state index in [0.29, 0.717) is 0 Å². The van der Waals surface area contributed by atoms with E-state index in [4.69, 9.17) is 5.11 Å². The van der Waals surface area contributed by atoms with Gasteiger partial charge in [-0.1, -0.05) is 31.2 Å². The van der Waals surface area contributed by atoms with Crippen LogP contribution in [0.25, 0.3) is 21.3 Å². The fourth-order valence-corrected chi connectivity index (χ4v) is 3.92. The molecule has 2 aromatic heterocycles. The molecule has 0 fully saturated rings. The fraction of sp³-hybridized carbons (Fsp3) is 0.400. The summed E-state index contributed by atoms with van der Waals surface area (Å²) in [7, 11) is 0. The summed E-state index contributed by atoms with van der Waals surface area (Å²) in [6.45, 7) is 5.23. The number of aromatic nitrogens is 2. The number of hydrogen-bond donors (Lipinski definition) is 2. The van der Waals surface area contributed by atoms with Gasteiger partial charge in [0.2, 0.25) is 0 Å². The van der Waals surface area contributed by atoms with E-state index in [1.165, 1.54) is 16.7 Å². The van der Waals surface area contributed by atoms with Crippen LogP contribution in [0.15, 0.2) is 29.6 Å². The number of aryl methyl sites for hydroxylation is 2. The topological polar surface area (TPSA) is 58.0 Å². The molecule has 0 spiro atoms. The molecule has 5 heteroatoms. The fourth-order valence-electron chi connectivity index (χ4n) is 2.93. The Morgan fingerprint density at radius 1 is 1.08 bits per heavy atom. The summed E-state index contributed by atoms with van der Waals surface area (Å²) >= 11 is 1.67. The smallest absolute Gasteiger partial charge is 0.139 e. The highest BCUT2D eigenvalue weighted by molar-refractivity contribution is 7.17. The lowest BCUT2D eigenvalue weighted by molar-refractivity contribution is 0.283. The highest BCUT2D eigenvalue weighted by Gasteiger charge is 2.14. The Bertz CT molecular complexity index is 827. The molecular formula is C20H25N3OS. The number of unbranched alkanes of at least 4 members (excludes halogenated alkanes) is 2. The van der Waals surface area contributed by atoms with Crippen LogP contribution in [0.3, 0.4) is 0 Å². The lowest BCUT2D eigenvalue weighted by atomic mass is 10.0. The van der Waals surface area contributed by atoms with Gasteiger partial charge in [0, 0.05) is 24.1 Å². The number of nitrogens with one attached hydrogen (secondary N) is 1. The molecule has 3 rings (SSSR count). The van der Waals surface area contributed by atoms with Gasteiger partial charge in [0.05, 0.1) is 5.39 Å². The number of anilines is 1. The van der Waals surface area contributed by atoms with Gasteiger partial charge >= 0.3 is 0 Å². The molecule has 0 aliphatic rings. The van der Waals surface area contributed by atoms with Crippen LogP contribution in [0, 0.1) is 6.92 Å². The molecule has 0 aliphatic heterocycles. The number of aliphatic hydroxyl groups excluding tert-OH is 1. The van der Waals surface area contributed by atoms with Crippen LogP contribution in [-0.4, -0.2) is 28.2 Å².